The number of phenols is 1. The van der Waals surface area contributed by atoms with Crippen molar-refractivity contribution >= 4 is 52.6 Å². The number of hydroxylamine groups is 2. The fourth-order valence-corrected chi connectivity index (χ4v) is 5.14. The summed E-state index contributed by atoms with van der Waals surface area (Å²) < 4.78 is 7.51. The summed E-state index contributed by atoms with van der Waals surface area (Å²) in [7, 11) is 3.98. The number of halogens is 2. The van der Waals surface area contributed by atoms with Crippen LogP contribution in [0, 0.1) is 0 Å². The zero-order valence-corrected chi connectivity index (χ0v) is 28.1. The Balaban J connectivity index is 1.24. The van der Waals surface area contributed by atoms with Crippen LogP contribution in [0.5, 0.6) is 17.2 Å². The van der Waals surface area contributed by atoms with Crippen molar-refractivity contribution in [3.05, 3.63) is 76.5 Å². The summed E-state index contributed by atoms with van der Waals surface area (Å²) in [5, 5.41) is 24.2. The second-order valence-corrected chi connectivity index (χ2v) is 12.9. The predicted molar refractivity (Wildman–Crippen MR) is 181 cm³/mol. The number of ether oxygens (including phenoxy) is 1. The summed E-state index contributed by atoms with van der Waals surface area (Å²) in [6.07, 6.45) is 1.70. The van der Waals surface area contributed by atoms with Crippen molar-refractivity contribution in [3.8, 4) is 22.9 Å². The Labute approximate surface area is 282 Å². The lowest BCUT2D eigenvalue weighted by Crippen LogP contribution is -2.33. The standard InChI is InChI=1S/C32H36Cl2N8O5/c1-32(2,3)25-17-27(42(39-25)19-6-8-21(43)9-7-19)38-30(44)36-23-10-11-24(29(34)28(23)33)46-22-12-14-35-26(16-22)37-31(45)47-41-15-13-20(18-41)40(4)5/h6-12,14,16-17,20,43H,13,15,18H2,1-5H3,(H,35,37,45)(H2,36,38,44)/t20-/m1/s1. The molecule has 2 aromatic carbocycles. The van der Waals surface area contributed by atoms with Crippen molar-refractivity contribution in [1.29, 1.82) is 0 Å². The van der Waals surface area contributed by atoms with Crippen molar-refractivity contribution in [2.24, 2.45) is 0 Å². The molecular formula is C32H36Cl2N8O5. The number of pyridine rings is 1. The van der Waals surface area contributed by atoms with E-state index in [1.54, 1.807) is 46.1 Å². The molecular weight excluding hydrogens is 647 g/mol. The van der Waals surface area contributed by atoms with E-state index in [1.165, 1.54) is 24.4 Å². The smallest absolute Gasteiger partial charge is 0.431 e. The van der Waals surface area contributed by atoms with Crippen LogP contribution in [0.3, 0.4) is 0 Å². The van der Waals surface area contributed by atoms with Crippen LogP contribution in [-0.2, 0) is 10.3 Å². The molecule has 15 heteroatoms. The number of carbonyl (C=O) groups is 2. The number of benzene rings is 2. The van der Waals surface area contributed by atoms with Gasteiger partial charge in [-0.15, -0.1) is 5.06 Å². The Morgan fingerprint density at radius 3 is 2.43 bits per heavy atom. The quantitative estimate of drug-likeness (QED) is 0.153. The first-order chi connectivity index (χ1) is 22.3. The van der Waals surface area contributed by atoms with Gasteiger partial charge in [0.1, 0.15) is 33.9 Å². The number of nitrogens with zero attached hydrogens (tertiary/aromatic N) is 5. The third-order valence-corrected chi connectivity index (χ3v) is 8.23. The van der Waals surface area contributed by atoms with Gasteiger partial charge in [0.25, 0.3) is 0 Å². The predicted octanol–water partition coefficient (Wildman–Crippen LogP) is 7.11. The maximum Gasteiger partial charge on any atom is 0.431 e. The molecule has 3 heterocycles. The molecule has 1 aliphatic heterocycles. The lowest BCUT2D eigenvalue weighted by Gasteiger charge is -2.19. The van der Waals surface area contributed by atoms with Gasteiger partial charge < -0.3 is 24.9 Å². The molecule has 4 N–H and O–H groups in total. The van der Waals surface area contributed by atoms with Crippen molar-refractivity contribution in [2.75, 3.05) is 43.1 Å². The number of urea groups is 1. The molecule has 248 valence electrons. The summed E-state index contributed by atoms with van der Waals surface area (Å²) in [5.74, 6) is 1.28. The zero-order chi connectivity index (χ0) is 33.9. The Kier molecular flexibility index (Phi) is 10.1. The van der Waals surface area contributed by atoms with Crippen LogP contribution in [0.15, 0.2) is 60.8 Å². The van der Waals surface area contributed by atoms with E-state index in [0.29, 0.717) is 36.4 Å². The number of aromatic nitrogens is 3. The van der Waals surface area contributed by atoms with Gasteiger partial charge in [-0.2, -0.15) is 5.10 Å². The normalized spacial score (nSPS) is 15.0. The summed E-state index contributed by atoms with van der Waals surface area (Å²) in [6, 6.07) is 14.2. The minimum absolute atomic E-state index is 0.0550. The molecule has 0 aliphatic carbocycles. The topological polar surface area (TPSA) is 146 Å². The molecule has 0 saturated carbocycles. The maximum absolute atomic E-state index is 13.1. The van der Waals surface area contributed by atoms with Crippen LogP contribution in [0.1, 0.15) is 32.9 Å². The number of amides is 3. The first-order valence-electron chi connectivity index (χ1n) is 14.8. The highest BCUT2D eigenvalue weighted by Crippen LogP contribution is 2.40. The number of aromatic hydroxyl groups is 1. The molecule has 3 amide bonds. The van der Waals surface area contributed by atoms with Crippen LogP contribution in [-0.4, -0.2) is 75.2 Å². The molecule has 0 unspecified atom stereocenters. The van der Waals surface area contributed by atoms with Gasteiger partial charge in [-0.1, -0.05) is 44.0 Å². The first-order valence-corrected chi connectivity index (χ1v) is 15.5. The van der Waals surface area contributed by atoms with Gasteiger partial charge in [0.05, 0.1) is 28.6 Å². The monoisotopic (exact) mass is 682 g/mol. The molecule has 2 aromatic heterocycles. The highest BCUT2D eigenvalue weighted by atomic mass is 35.5. The largest absolute Gasteiger partial charge is 0.508 e. The van der Waals surface area contributed by atoms with Crippen molar-refractivity contribution in [3.63, 3.8) is 0 Å². The molecule has 0 bridgehead atoms. The molecule has 13 nitrogen and oxygen atoms in total. The minimum Gasteiger partial charge on any atom is -0.508 e. The summed E-state index contributed by atoms with van der Waals surface area (Å²) >= 11 is 13.1. The Bertz CT molecular complexity index is 1760. The average Bonchev–Trinajstić information content (AvgIpc) is 3.65. The molecule has 47 heavy (non-hydrogen) atoms. The van der Waals surface area contributed by atoms with Crippen LogP contribution in [0.4, 0.5) is 26.9 Å². The van der Waals surface area contributed by atoms with E-state index in [4.69, 9.17) is 32.8 Å². The molecule has 1 fully saturated rings. The van der Waals surface area contributed by atoms with Gasteiger partial charge >= 0.3 is 12.1 Å². The molecule has 1 aliphatic rings. The number of anilines is 3. The average molecular weight is 684 g/mol. The van der Waals surface area contributed by atoms with Crippen LogP contribution in [0.25, 0.3) is 5.69 Å². The molecule has 0 radical (unpaired) electrons. The van der Waals surface area contributed by atoms with Crippen LogP contribution < -0.4 is 20.7 Å². The number of nitrogens with one attached hydrogen (secondary N) is 3. The third kappa shape index (κ3) is 8.43. The molecule has 5 rings (SSSR count). The van der Waals surface area contributed by atoms with Gasteiger partial charge in [0, 0.05) is 36.3 Å². The van der Waals surface area contributed by atoms with E-state index >= 15 is 0 Å². The van der Waals surface area contributed by atoms with Crippen molar-refractivity contribution in [1.82, 2.24) is 24.7 Å². The van der Waals surface area contributed by atoms with Crippen molar-refractivity contribution < 1.29 is 24.3 Å². The van der Waals surface area contributed by atoms with Crippen LogP contribution in [0.2, 0.25) is 10.0 Å². The lowest BCUT2D eigenvalue weighted by atomic mass is 9.92. The van der Waals surface area contributed by atoms with Gasteiger partial charge in [0.2, 0.25) is 0 Å². The van der Waals surface area contributed by atoms with E-state index in [-0.39, 0.29) is 38.5 Å². The Morgan fingerprint density at radius 2 is 1.74 bits per heavy atom. The Morgan fingerprint density at radius 1 is 1.00 bits per heavy atom. The van der Waals surface area contributed by atoms with E-state index < -0.39 is 12.1 Å². The number of carbonyl (C=O) groups excluding carboxylic acids is 2. The van der Waals surface area contributed by atoms with E-state index in [0.717, 1.165) is 12.1 Å². The molecule has 0 spiro atoms. The van der Waals surface area contributed by atoms with Gasteiger partial charge in [-0.05, 0) is 63.0 Å². The van der Waals surface area contributed by atoms with E-state index in [1.807, 2.05) is 34.9 Å². The number of rotatable bonds is 8. The fourth-order valence-electron chi connectivity index (χ4n) is 4.73. The van der Waals surface area contributed by atoms with Gasteiger partial charge in [-0.25, -0.2) is 19.3 Å². The maximum atomic E-state index is 13.1. The second-order valence-electron chi connectivity index (χ2n) is 12.2. The lowest BCUT2D eigenvalue weighted by molar-refractivity contribution is -0.0775. The number of likely N-dealkylation sites (N-methyl/N-ethyl adjacent to an activating group) is 1. The second kappa shape index (κ2) is 14.1. The van der Waals surface area contributed by atoms with E-state index in [9.17, 15) is 14.7 Å². The van der Waals surface area contributed by atoms with Crippen molar-refractivity contribution in [2.45, 2.75) is 38.6 Å². The highest BCUT2D eigenvalue weighted by Gasteiger charge is 2.27. The Hall–Kier alpha value is -4.56. The zero-order valence-electron chi connectivity index (χ0n) is 26.5. The fraction of sp³-hybridized carbons (Fsp3) is 0.312. The van der Waals surface area contributed by atoms with Gasteiger partial charge in [-0.3, -0.25) is 10.6 Å². The number of hydrogen-bond acceptors (Lipinski definition) is 9. The summed E-state index contributed by atoms with van der Waals surface area (Å²) in [6.45, 7) is 7.29. The molecule has 1 atom stereocenters. The third-order valence-electron chi connectivity index (χ3n) is 7.37. The molecule has 4 aromatic rings. The number of hydrogen-bond donors (Lipinski definition) is 4. The summed E-state index contributed by atoms with van der Waals surface area (Å²) in [5.41, 5.74) is 1.35. The summed E-state index contributed by atoms with van der Waals surface area (Å²) in [4.78, 5) is 37.2. The van der Waals surface area contributed by atoms with Crippen LogP contribution >= 0.6 is 23.2 Å². The first kappa shape index (κ1) is 33.8. The molecule has 1 saturated heterocycles. The van der Waals surface area contributed by atoms with E-state index in [2.05, 4.69) is 30.9 Å². The number of phenolic OH excluding ortho intramolecular Hbond substituents is 1. The van der Waals surface area contributed by atoms with Gasteiger partial charge in [0.15, 0.2) is 0 Å². The SMILES string of the molecule is CN(C)[C@@H]1CCN(OC(=O)Nc2cc(Oc3ccc(NC(=O)Nc4cc(C(C)(C)C)nn4-c4ccc(O)cc4)c(Cl)c3Cl)ccn2)C1. The minimum atomic E-state index is -0.662. The highest BCUT2D eigenvalue weighted by molar-refractivity contribution is 6.45.